The summed E-state index contributed by atoms with van der Waals surface area (Å²) >= 11 is 1.15. The van der Waals surface area contributed by atoms with Crippen molar-refractivity contribution in [3.05, 3.63) is 41.3 Å². The zero-order chi connectivity index (χ0) is 22.4. The standard InChI is InChI=1S/C21H25N5O3S2/c1-15-19(13-22)21(24-16(2)23-15)30-14-20(27)25-17-8-7-9-18(12-17)31(28,29)26-10-5-3-4-6-11-26/h7-9,12H,3-6,10-11,14H2,1-2H3,(H,25,27). The molecule has 0 saturated carbocycles. The first-order valence-corrected chi connectivity index (χ1v) is 12.5. The number of carbonyl (C=O) groups excluding carboxylic acids is 1. The largest absolute Gasteiger partial charge is 0.325 e. The van der Waals surface area contributed by atoms with E-state index in [4.69, 9.17) is 0 Å². The first-order chi connectivity index (χ1) is 14.8. The molecule has 0 atom stereocenters. The Morgan fingerprint density at radius 2 is 1.90 bits per heavy atom. The van der Waals surface area contributed by atoms with Crippen molar-refractivity contribution in [2.24, 2.45) is 0 Å². The summed E-state index contributed by atoms with van der Waals surface area (Å²) < 4.78 is 27.5. The molecule has 0 unspecified atom stereocenters. The molecule has 0 aliphatic carbocycles. The van der Waals surface area contributed by atoms with E-state index in [0.717, 1.165) is 37.4 Å². The lowest BCUT2D eigenvalue weighted by atomic mass is 10.2. The maximum absolute atomic E-state index is 13.0. The molecule has 1 saturated heterocycles. The van der Waals surface area contributed by atoms with Crippen LogP contribution in [0.1, 0.15) is 42.8 Å². The molecular formula is C21H25N5O3S2. The predicted octanol–water partition coefficient (Wildman–Crippen LogP) is 3.26. The summed E-state index contributed by atoms with van der Waals surface area (Å²) in [6.45, 7) is 4.51. The average molecular weight is 460 g/mol. The van der Waals surface area contributed by atoms with Gasteiger partial charge in [-0.3, -0.25) is 4.79 Å². The Balaban J connectivity index is 1.69. The van der Waals surface area contributed by atoms with Crippen LogP contribution in [0, 0.1) is 25.2 Å². The molecule has 1 aliphatic rings. The number of sulfonamides is 1. The van der Waals surface area contributed by atoms with Gasteiger partial charge in [0.25, 0.3) is 0 Å². The van der Waals surface area contributed by atoms with Crippen LogP contribution in [0.4, 0.5) is 5.69 Å². The number of nitrogens with one attached hydrogen (secondary N) is 1. The number of hydrogen-bond donors (Lipinski definition) is 1. The molecule has 10 heteroatoms. The molecule has 2 heterocycles. The second kappa shape index (κ2) is 10.2. The van der Waals surface area contributed by atoms with E-state index in [0.29, 0.717) is 40.9 Å². The van der Waals surface area contributed by atoms with Crippen molar-refractivity contribution in [3.63, 3.8) is 0 Å². The number of rotatable bonds is 6. The molecule has 1 aromatic carbocycles. The maximum Gasteiger partial charge on any atom is 0.243 e. The van der Waals surface area contributed by atoms with Crippen LogP contribution >= 0.6 is 11.8 Å². The van der Waals surface area contributed by atoms with Crippen molar-refractivity contribution in [2.75, 3.05) is 24.2 Å². The van der Waals surface area contributed by atoms with Gasteiger partial charge in [-0.2, -0.15) is 9.57 Å². The van der Waals surface area contributed by atoms with Gasteiger partial charge in [0.2, 0.25) is 15.9 Å². The SMILES string of the molecule is Cc1nc(C)c(C#N)c(SCC(=O)Nc2cccc(S(=O)(=O)N3CCCCCC3)c2)n1. The molecule has 31 heavy (non-hydrogen) atoms. The molecule has 3 rings (SSSR count). The molecule has 0 bridgehead atoms. The van der Waals surface area contributed by atoms with Gasteiger partial charge in [0.15, 0.2) is 0 Å². The molecule has 1 N–H and O–H groups in total. The van der Waals surface area contributed by atoms with Gasteiger partial charge in [0, 0.05) is 18.8 Å². The van der Waals surface area contributed by atoms with E-state index in [9.17, 15) is 18.5 Å². The van der Waals surface area contributed by atoms with Gasteiger partial charge < -0.3 is 5.32 Å². The Kier molecular flexibility index (Phi) is 7.64. The number of carbonyl (C=O) groups is 1. The first kappa shape index (κ1) is 23.2. The third-order valence-corrected chi connectivity index (χ3v) is 7.81. The van der Waals surface area contributed by atoms with Crippen molar-refractivity contribution < 1.29 is 13.2 Å². The van der Waals surface area contributed by atoms with E-state index in [1.807, 2.05) is 0 Å². The maximum atomic E-state index is 13.0. The highest BCUT2D eigenvalue weighted by molar-refractivity contribution is 8.00. The summed E-state index contributed by atoms with van der Waals surface area (Å²) in [5, 5.41) is 12.5. The Morgan fingerprint density at radius 1 is 1.19 bits per heavy atom. The Morgan fingerprint density at radius 3 is 2.58 bits per heavy atom. The number of amides is 1. The van der Waals surface area contributed by atoms with Crippen LogP contribution in [0.25, 0.3) is 0 Å². The summed E-state index contributed by atoms with van der Waals surface area (Å²) in [6, 6.07) is 8.40. The zero-order valence-corrected chi connectivity index (χ0v) is 19.2. The fourth-order valence-electron chi connectivity index (χ4n) is 3.41. The van der Waals surface area contributed by atoms with Crippen molar-refractivity contribution in [2.45, 2.75) is 49.5 Å². The number of hydrogen-bond acceptors (Lipinski definition) is 7. The van der Waals surface area contributed by atoms with E-state index in [2.05, 4.69) is 21.4 Å². The predicted molar refractivity (Wildman–Crippen MR) is 119 cm³/mol. The van der Waals surface area contributed by atoms with Crippen LogP contribution < -0.4 is 5.32 Å². The van der Waals surface area contributed by atoms with Gasteiger partial charge in [0.1, 0.15) is 22.5 Å². The van der Waals surface area contributed by atoms with Crippen molar-refractivity contribution >= 4 is 33.4 Å². The van der Waals surface area contributed by atoms with Crippen LogP contribution in [0.2, 0.25) is 0 Å². The van der Waals surface area contributed by atoms with E-state index < -0.39 is 10.0 Å². The normalized spacial score (nSPS) is 15.1. The fraction of sp³-hybridized carbons (Fsp3) is 0.429. The molecule has 0 radical (unpaired) electrons. The number of nitriles is 1. The minimum absolute atomic E-state index is 0.0354. The number of aromatic nitrogens is 2. The monoisotopic (exact) mass is 459 g/mol. The summed E-state index contributed by atoms with van der Waals surface area (Å²) in [5.74, 6) is 0.256. The molecule has 1 aliphatic heterocycles. The number of aryl methyl sites for hydroxylation is 2. The van der Waals surface area contributed by atoms with E-state index in [-0.39, 0.29) is 16.6 Å². The van der Waals surface area contributed by atoms with Crippen molar-refractivity contribution in [1.82, 2.24) is 14.3 Å². The third-order valence-electron chi connectivity index (χ3n) is 4.94. The fourth-order valence-corrected chi connectivity index (χ4v) is 5.85. The Bertz CT molecular complexity index is 1100. The van der Waals surface area contributed by atoms with Crippen LogP contribution in [-0.2, 0) is 14.8 Å². The topological polar surface area (TPSA) is 116 Å². The highest BCUT2D eigenvalue weighted by Gasteiger charge is 2.25. The summed E-state index contributed by atoms with van der Waals surface area (Å²) in [7, 11) is -3.59. The van der Waals surface area contributed by atoms with Gasteiger partial charge in [-0.15, -0.1) is 0 Å². The Hall–Kier alpha value is -2.48. The number of anilines is 1. The van der Waals surface area contributed by atoms with Gasteiger partial charge >= 0.3 is 0 Å². The summed E-state index contributed by atoms with van der Waals surface area (Å²) in [5.41, 5.74) is 1.34. The highest BCUT2D eigenvalue weighted by Crippen LogP contribution is 2.24. The summed E-state index contributed by atoms with van der Waals surface area (Å²) in [6.07, 6.45) is 3.80. The number of nitrogens with zero attached hydrogens (tertiary/aromatic N) is 4. The lowest BCUT2D eigenvalue weighted by molar-refractivity contribution is -0.113. The third kappa shape index (κ3) is 5.81. The zero-order valence-electron chi connectivity index (χ0n) is 17.6. The van der Waals surface area contributed by atoms with Crippen LogP contribution in [-0.4, -0.2) is 47.4 Å². The van der Waals surface area contributed by atoms with Gasteiger partial charge in [-0.1, -0.05) is 30.7 Å². The molecule has 1 fully saturated rings. The average Bonchev–Trinajstić information content (AvgIpc) is 3.02. The molecule has 8 nitrogen and oxygen atoms in total. The molecule has 1 amide bonds. The van der Waals surface area contributed by atoms with Crippen LogP contribution in [0.15, 0.2) is 34.2 Å². The van der Waals surface area contributed by atoms with Crippen molar-refractivity contribution in [3.8, 4) is 6.07 Å². The quantitative estimate of drug-likeness (QED) is 0.520. The Labute approximate surface area is 187 Å². The van der Waals surface area contributed by atoms with E-state index in [1.54, 1.807) is 32.0 Å². The first-order valence-electron chi connectivity index (χ1n) is 10.1. The lowest BCUT2D eigenvalue weighted by Gasteiger charge is -2.20. The second-order valence-corrected chi connectivity index (χ2v) is 10.2. The minimum Gasteiger partial charge on any atom is -0.325 e. The smallest absolute Gasteiger partial charge is 0.243 e. The molecule has 0 spiro atoms. The minimum atomic E-state index is -3.59. The molecular weight excluding hydrogens is 434 g/mol. The summed E-state index contributed by atoms with van der Waals surface area (Å²) in [4.78, 5) is 21.0. The molecule has 2 aromatic rings. The van der Waals surface area contributed by atoms with E-state index >= 15 is 0 Å². The van der Waals surface area contributed by atoms with Crippen LogP contribution in [0.3, 0.4) is 0 Å². The molecule has 164 valence electrons. The second-order valence-electron chi connectivity index (χ2n) is 7.33. The lowest BCUT2D eigenvalue weighted by Crippen LogP contribution is -2.32. The number of benzene rings is 1. The highest BCUT2D eigenvalue weighted by atomic mass is 32.2. The van der Waals surface area contributed by atoms with Gasteiger partial charge in [-0.25, -0.2) is 18.4 Å². The number of thioether (sulfide) groups is 1. The van der Waals surface area contributed by atoms with Crippen LogP contribution in [0.5, 0.6) is 0 Å². The van der Waals surface area contributed by atoms with E-state index in [1.165, 1.54) is 10.4 Å². The van der Waals surface area contributed by atoms with Crippen molar-refractivity contribution in [1.29, 1.82) is 5.26 Å². The molecule has 1 aromatic heterocycles. The van der Waals surface area contributed by atoms with Gasteiger partial charge in [0.05, 0.1) is 16.3 Å². The van der Waals surface area contributed by atoms with Gasteiger partial charge in [-0.05, 0) is 44.9 Å².